The number of nitrogens with one attached hydrogen (secondary N) is 2. The van der Waals surface area contributed by atoms with Crippen LogP contribution in [0.2, 0.25) is 0 Å². The molecule has 28 heavy (non-hydrogen) atoms. The average Bonchev–Trinajstić information content (AvgIpc) is 2.82. The number of hydrogen-bond acceptors (Lipinski definition) is 6. The zero-order valence-corrected chi connectivity index (χ0v) is 16.7. The normalized spacial score (nSPS) is 11.1. The summed E-state index contributed by atoms with van der Waals surface area (Å²) in [5.41, 5.74) is 6.26. The van der Waals surface area contributed by atoms with Crippen molar-refractivity contribution in [1.29, 1.82) is 0 Å². The molecule has 4 N–H and O–H groups in total. The van der Waals surface area contributed by atoms with Gasteiger partial charge in [-0.05, 0) is 43.7 Å². The lowest BCUT2D eigenvalue weighted by Crippen LogP contribution is -2.30. The molecule has 0 spiro atoms. The van der Waals surface area contributed by atoms with Crippen molar-refractivity contribution in [3.05, 3.63) is 46.1 Å². The predicted octanol–water partition coefficient (Wildman–Crippen LogP) is 1.59. The number of rotatable bonds is 7. The SMILES string of the molecule is Cc1sc(NC(=O)CS(=O)(=O)CC(=O)Nc2ccc(F)cc2)c(C(N)=O)c1C. The van der Waals surface area contributed by atoms with Crippen LogP contribution in [-0.2, 0) is 19.4 Å². The predicted molar refractivity (Wildman–Crippen MR) is 105 cm³/mol. The van der Waals surface area contributed by atoms with Gasteiger partial charge in [-0.1, -0.05) is 0 Å². The third-order valence-electron chi connectivity index (χ3n) is 3.71. The maximum absolute atomic E-state index is 12.8. The van der Waals surface area contributed by atoms with E-state index in [1.54, 1.807) is 13.8 Å². The molecule has 3 amide bonds. The first kappa shape index (κ1) is 21.5. The Morgan fingerprint density at radius 3 is 2.11 bits per heavy atom. The van der Waals surface area contributed by atoms with Gasteiger partial charge < -0.3 is 16.4 Å². The number of sulfone groups is 1. The van der Waals surface area contributed by atoms with Crippen LogP contribution in [0.15, 0.2) is 24.3 Å². The molecule has 0 saturated carbocycles. The standard InChI is InChI=1S/C17H18FN3O5S2/c1-9-10(2)27-17(15(9)16(19)24)21-14(23)8-28(25,26)7-13(22)20-12-5-3-11(18)4-6-12/h3-6H,7-8H2,1-2H3,(H2,19,24)(H,20,22)(H,21,23). The van der Waals surface area contributed by atoms with Crippen LogP contribution in [0.25, 0.3) is 0 Å². The van der Waals surface area contributed by atoms with Gasteiger partial charge in [-0.15, -0.1) is 11.3 Å². The first-order valence-electron chi connectivity index (χ1n) is 7.94. The zero-order valence-electron chi connectivity index (χ0n) is 15.0. The lowest BCUT2D eigenvalue weighted by Gasteiger charge is -2.07. The summed E-state index contributed by atoms with van der Waals surface area (Å²) in [5.74, 6) is -4.87. The highest BCUT2D eigenvalue weighted by Crippen LogP contribution is 2.31. The molecule has 0 radical (unpaired) electrons. The Bertz CT molecular complexity index is 1030. The first-order chi connectivity index (χ1) is 13.0. The van der Waals surface area contributed by atoms with E-state index in [0.717, 1.165) is 28.3 Å². The van der Waals surface area contributed by atoms with E-state index < -0.39 is 44.9 Å². The van der Waals surface area contributed by atoms with E-state index in [1.807, 2.05) is 0 Å². The lowest BCUT2D eigenvalue weighted by molar-refractivity contribution is -0.114. The monoisotopic (exact) mass is 427 g/mol. The van der Waals surface area contributed by atoms with E-state index >= 15 is 0 Å². The highest BCUT2D eigenvalue weighted by atomic mass is 32.2. The number of halogens is 1. The largest absolute Gasteiger partial charge is 0.365 e. The quantitative estimate of drug-likeness (QED) is 0.617. The fourth-order valence-electron chi connectivity index (χ4n) is 2.36. The number of benzene rings is 1. The Morgan fingerprint density at radius 1 is 1.04 bits per heavy atom. The third-order valence-corrected chi connectivity index (χ3v) is 6.24. The molecule has 1 aromatic heterocycles. The van der Waals surface area contributed by atoms with Gasteiger partial charge in [0.05, 0.1) is 5.56 Å². The molecule has 0 aliphatic heterocycles. The topological polar surface area (TPSA) is 135 Å². The van der Waals surface area contributed by atoms with Crippen molar-refractivity contribution in [3.8, 4) is 0 Å². The van der Waals surface area contributed by atoms with E-state index in [2.05, 4.69) is 10.6 Å². The molecule has 2 rings (SSSR count). The van der Waals surface area contributed by atoms with Crippen molar-refractivity contribution in [2.24, 2.45) is 5.73 Å². The van der Waals surface area contributed by atoms with Crippen LogP contribution in [0.3, 0.4) is 0 Å². The van der Waals surface area contributed by atoms with Crippen molar-refractivity contribution in [2.45, 2.75) is 13.8 Å². The summed E-state index contributed by atoms with van der Waals surface area (Å²) < 4.78 is 37.1. The second-order valence-electron chi connectivity index (χ2n) is 5.99. The Morgan fingerprint density at radius 2 is 1.57 bits per heavy atom. The lowest BCUT2D eigenvalue weighted by atomic mass is 10.1. The second kappa shape index (κ2) is 8.48. The van der Waals surface area contributed by atoms with Gasteiger partial charge in [0.25, 0.3) is 5.91 Å². The van der Waals surface area contributed by atoms with Gasteiger partial charge in [-0.25, -0.2) is 12.8 Å². The van der Waals surface area contributed by atoms with E-state index in [0.29, 0.717) is 5.56 Å². The molecular formula is C17H18FN3O5S2. The molecule has 150 valence electrons. The average molecular weight is 427 g/mol. The highest BCUT2D eigenvalue weighted by Gasteiger charge is 2.24. The molecule has 0 unspecified atom stereocenters. The zero-order chi connectivity index (χ0) is 21.1. The molecule has 1 heterocycles. The van der Waals surface area contributed by atoms with Crippen molar-refractivity contribution >= 4 is 49.6 Å². The van der Waals surface area contributed by atoms with Crippen LogP contribution in [0, 0.1) is 19.7 Å². The molecule has 0 fully saturated rings. The molecule has 8 nitrogen and oxygen atoms in total. The summed E-state index contributed by atoms with van der Waals surface area (Å²) in [6.45, 7) is 3.40. The molecule has 0 bridgehead atoms. The van der Waals surface area contributed by atoms with Crippen LogP contribution in [-0.4, -0.2) is 37.6 Å². The smallest absolute Gasteiger partial charge is 0.251 e. The Hall–Kier alpha value is -2.79. The number of amides is 3. The Labute approximate surface area is 164 Å². The highest BCUT2D eigenvalue weighted by molar-refractivity contribution is 7.92. The summed E-state index contributed by atoms with van der Waals surface area (Å²) in [6, 6.07) is 4.77. The van der Waals surface area contributed by atoms with Gasteiger partial charge >= 0.3 is 0 Å². The van der Waals surface area contributed by atoms with Crippen LogP contribution in [0.1, 0.15) is 20.8 Å². The number of hydrogen-bond donors (Lipinski definition) is 3. The summed E-state index contributed by atoms with van der Waals surface area (Å²) >= 11 is 1.10. The molecule has 0 aliphatic carbocycles. The first-order valence-corrected chi connectivity index (χ1v) is 10.6. The Balaban J connectivity index is 2.01. The van der Waals surface area contributed by atoms with Gasteiger partial charge in [0.2, 0.25) is 11.8 Å². The van der Waals surface area contributed by atoms with E-state index in [-0.39, 0.29) is 16.3 Å². The molecule has 11 heteroatoms. The fourth-order valence-corrected chi connectivity index (χ4v) is 4.48. The minimum atomic E-state index is -4.07. The number of primary amides is 1. The molecule has 0 aliphatic rings. The fraction of sp³-hybridized carbons (Fsp3) is 0.235. The summed E-state index contributed by atoms with van der Waals surface area (Å²) in [6.07, 6.45) is 0. The van der Waals surface area contributed by atoms with Crippen LogP contribution in [0.5, 0.6) is 0 Å². The van der Waals surface area contributed by atoms with E-state index in [4.69, 9.17) is 5.73 Å². The van der Waals surface area contributed by atoms with Gasteiger partial charge in [-0.3, -0.25) is 14.4 Å². The maximum Gasteiger partial charge on any atom is 0.251 e. The van der Waals surface area contributed by atoms with Crippen molar-refractivity contribution < 1.29 is 27.2 Å². The number of anilines is 2. The summed E-state index contributed by atoms with van der Waals surface area (Å²) in [5, 5.41) is 4.84. The van der Waals surface area contributed by atoms with Crippen molar-refractivity contribution in [3.63, 3.8) is 0 Å². The molecule has 0 saturated heterocycles. The molecule has 0 atom stereocenters. The van der Waals surface area contributed by atoms with E-state index in [9.17, 15) is 27.2 Å². The maximum atomic E-state index is 12.8. The Kier molecular flexibility index (Phi) is 6.52. The number of carbonyl (C=O) groups excluding carboxylic acids is 3. The minimum absolute atomic E-state index is 0.127. The second-order valence-corrected chi connectivity index (χ2v) is 9.28. The summed E-state index contributed by atoms with van der Waals surface area (Å²) in [4.78, 5) is 36.3. The van der Waals surface area contributed by atoms with E-state index in [1.165, 1.54) is 12.1 Å². The third kappa shape index (κ3) is 5.60. The number of aryl methyl sites for hydroxylation is 1. The van der Waals surface area contributed by atoms with Crippen LogP contribution >= 0.6 is 11.3 Å². The number of carbonyl (C=O) groups is 3. The minimum Gasteiger partial charge on any atom is -0.365 e. The number of nitrogens with two attached hydrogens (primary N) is 1. The van der Waals surface area contributed by atoms with Crippen molar-refractivity contribution in [2.75, 3.05) is 22.1 Å². The van der Waals surface area contributed by atoms with Crippen LogP contribution in [0.4, 0.5) is 15.1 Å². The summed E-state index contributed by atoms with van der Waals surface area (Å²) in [7, 11) is -4.07. The van der Waals surface area contributed by atoms with Gasteiger partial charge in [0.1, 0.15) is 22.3 Å². The van der Waals surface area contributed by atoms with Gasteiger partial charge in [0.15, 0.2) is 9.84 Å². The molecular weight excluding hydrogens is 409 g/mol. The van der Waals surface area contributed by atoms with Crippen molar-refractivity contribution in [1.82, 2.24) is 0 Å². The number of thiophene rings is 1. The molecule has 1 aromatic carbocycles. The van der Waals surface area contributed by atoms with Crippen LogP contribution < -0.4 is 16.4 Å². The van der Waals surface area contributed by atoms with Gasteiger partial charge in [-0.2, -0.15) is 0 Å². The van der Waals surface area contributed by atoms with Gasteiger partial charge in [0, 0.05) is 10.6 Å². The molecule has 2 aromatic rings.